The van der Waals surface area contributed by atoms with Crippen LogP contribution in [0.4, 0.5) is 4.79 Å². The molecule has 0 aromatic heterocycles. The van der Waals surface area contributed by atoms with Crippen LogP contribution in [-0.4, -0.2) is 31.8 Å². The summed E-state index contributed by atoms with van der Waals surface area (Å²) in [6.45, 7) is 4.35. The smallest absolute Gasteiger partial charge is 0.315 e. The highest BCUT2D eigenvalue weighted by atomic mass is 16.5. The summed E-state index contributed by atoms with van der Waals surface area (Å²) in [6.07, 6.45) is 2.27. The van der Waals surface area contributed by atoms with E-state index >= 15 is 0 Å². The van der Waals surface area contributed by atoms with Crippen molar-refractivity contribution in [3.8, 4) is 0 Å². The van der Waals surface area contributed by atoms with Crippen LogP contribution >= 0.6 is 0 Å². The van der Waals surface area contributed by atoms with E-state index in [4.69, 9.17) is 4.74 Å². The number of hydrogen-bond donors (Lipinski definition) is 2. The minimum atomic E-state index is -0.0318. The Morgan fingerprint density at radius 1 is 1.54 bits per heavy atom. The monoisotopic (exact) mass is 184 g/mol. The molecule has 0 aromatic rings. The predicted octanol–water partition coefficient (Wildman–Crippen LogP) is 0.484. The maximum atomic E-state index is 11.2. The van der Waals surface area contributed by atoms with Gasteiger partial charge in [0.05, 0.1) is 13.2 Å². The van der Waals surface area contributed by atoms with E-state index in [1.54, 1.807) is 0 Å². The van der Waals surface area contributed by atoms with Crippen LogP contribution in [0.1, 0.15) is 19.8 Å². The fraction of sp³-hybridized carbons (Fsp3) is 0.889. The first-order valence-electron chi connectivity index (χ1n) is 4.80. The lowest BCUT2D eigenvalue weighted by Crippen LogP contribution is -2.50. The van der Waals surface area contributed by atoms with Crippen molar-refractivity contribution in [2.75, 3.05) is 19.8 Å². The Bertz CT molecular complexity index is 210. The maximum Gasteiger partial charge on any atom is 0.315 e. The predicted molar refractivity (Wildman–Crippen MR) is 48.5 cm³/mol. The van der Waals surface area contributed by atoms with Gasteiger partial charge >= 0.3 is 6.03 Å². The number of carbonyl (C=O) groups excluding carboxylic acids is 1. The second-order valence-corrected chi connectivity index (χ2v) is 4.40. The summed E-state index contributed by atoms with van der Waals surface area (Å²) < 4.78 is 5.09. The minimum Gasteiger partial charge on any atom is -0.380 e. The molecule has 1 saturated heterocycles. The van der Waals surface area contributed by atoms with Crippen LogP contribution in [0.25, 0.3) is 0 Å². The molecular formula is C9H16N2O2. The molecule has 0 spiro atoms. The summed E-state index contributed by atoms with van der Waals surface area (Å²) >= 11 is 0. The van der Waals surface area contributed by atoms with E-state index in [1.807, 2.05) is 0 Å². The zero-order valence-corrected chi connectivity index (χ0v) is 7.93. The summed E-state index contributed by atoms with van der Waals surface area (Å²) in [5, 5.41) is 5.75. The van der Waals surface area contributed by atoms with Crippen molar-refractivity contribution < 1.29 is 9.53 Å². The molecule has 2 aliphatic rings. The van der Waals surface area contributed by atoms with Gasteiger partial charge < -0.3 is 15.4 Å². The second kappa shape index (κ2) is 3.18. The molecule has 1 saturated carbocycles. The van der Waals surface area contributed by atoms with Crippen molar-refractivity contribution in [1.29, 1.82) is 0 Å². The second-order valence-electron chi connectivity index (χ2n) is 4.40. The molecular weight excluding hydrogens is 168 g/mol. The molecule has 0 atom stereocenters. The standard InChI is InChI=1S/C9H16N2O2/c1-9(5-13-6-9)4-10-8(12)11-7-2-3-7/h7H,2-6H2,1H3,(H2,10,11,12). The summed E-state index contributed by atoms with van der Waals surface area (Å²) in [5.74, 6) is 0. The molecule has 1 aliphatic heterocycles. The average Bonchev–Trinajstić information content (AvgIpc) is 2.81. The van der Waals surface area contributed by atoms with E-state index < -0.39 is 0 Å². The largest absolute Gasteiger partial charge is 0.380 e. The molecule has 0 radical (unpaired) electrons. The quantitative estimate of drug-likeness (QED) is 0.670. The van der Waals surface area contributed by atoms with Crippen LogP contribution in [0.15, 0.2) is 0 Å². The number of hydrogen-bond acceptors (Lipinski definition) is 2. The summed E-state index contributed by atoms with van der Waals surface area (Å²) in [4.78, 5) is 11.2. The molecule has 4 heteroatoms. The highest BCUT2D eigenvalue weighted by Crippen LogP contribution is 2.25. The Hall–Kier alpha value is -0.770. The number of rotatable bonds is 3. The van der Waals surface area contributed by atoms with Gasteiger partial charge in [0.2, 0.25) is 0 Å². The van der Waals surface area contributed by atoms with Gasteiger partial charge in [-0.25, -0.2) is 4.79 Å². The summed E-state index contributed by atoms with van der Waals surface area (Å²) in [7, 11) is 0. The molecule has 4 nitrogen and oxygen atoms in total. The van der Waals surface area contributed by atoms with Crippen LogP contribution in [0.5, 0.6) is 0 Å². The van der Waals surface area contributed by atoms with Gasteiger partial charge in [0.15, 0.2) is 0 Å². The van der Waals surface area contributed by atoms with Crippen LogP contribution in [0.3, 0.4) is 0 Å². The third kappa shape index (κ3) is 2.34. The number of nitrogens with one attached hydrogen (secondary N) is 2. The first-order chi connectivity index (χ1) is 6.18. The van der Waals surface area contributed by atoms with E-state index in [-0.39, 0.29) is 11.4 Å². The zero-order valence-electron chi connectivity index (χ0n) is 7.93. The molecule has 1 aliphatic carbocycles. The van der Waals surface area contributed by atoms with Crippen molar-refractivity contribution in [1.82, 2.24) is 10.6 Å². The van der Waals surface area contributed by atoms with Gasteiger partial charge in [-0.15, -0.1) is 0 Å². The van der Waals surface area contributed by atoms with Crippen LogP contribution in [0, 0.1) is 5.41 Å². The highest BCUT2D eigenvalue weighted by Gasteiger charge is 2.34. The van der Waals surface area contributed by atoms with E-state index in [9.17, 15) is 4.79 Å². The SMILES string of the molecule is CC1(CNC(=O)NC2CC2)COC1. The van der Waals surface area contributed by atoms with Crippen molar-refractivity contribution in [3.63, 3.8) is 0 Å². The Kier molecular flexibility index (Phi) is 2.15. The maximum absolute atomic E-state index is 11.2. The highest BCUT2D eigenvalue weighted by molar-refractivity contribution is 5.74. The van der Waals surface area contributed by atoms with Crippen LogP contribution in [-0.2, 0) is 4.74 Å². The summed E-state index contributed by atoms with van der Waals surface area (Å²) in [5.41, 5.74) is 0.168. The lowest BCUT2D eigenvalue weighted by molar-refractivity contribution is -0.0975. The fourth-order valence-electron chi connectivity index (χ4n) is 1.31. The Morgan fingerprint density at radius 2 is 2.23 bits per heavy atom. The number of carbonyl (C=O) groups is 1. The van der Waals surface area contributed by atoms with Crippen molar-refractivity contribution >= 4 is 6.03 Å². The van der Waals surface area contributed by atoms with E-state index in [0.717, 1.165) is 26.1 Å². The normalized spacial score (nSPS) is 24.7. The Balaban J connectivity index is 1.63. The lowest BCUT2D eigenvalue weighted by Gasteiger charge is -2.37. The van der Waals surface area contributed by atoms with Crippen LogP contribution < -0.4 is 10.6 Å². The van der Waals surface area contributed by atoms with Crippen molar-refractivity contribution in [2.45, 2.75) is 25.8 Å². The first kappa shape index (κ1) is 8.81. The summed E-state index contributed by atoms with van der Waals surface area (Å²) in [6, 6.07) is 0.404. The number of amides is 2. The molecule has 13 heavy (non-hydrogen) atoms. The van der Waals surface area contributed by atoms with Crippen molar-refractivity contribution in [3.05, 3.63) is 0 Å². The molecule has 2 amide bonds. The van der Waals surface area contributed by atoms with E-state index in [0.29, 0.717) is 12.6 Å². The van der Waals surface area contributed by atoms with Gasteiger partial charge in [-0.05, 0) is 12.8 Å². The van der Waals surface area contributed by atoms with Gasteiger partial charge in [0, 0.05) is 18.0 Å². The minimum absolute atomic E-state index is 0.0318. The topological polar surface area (TPSA) is 50.4 Å². The first-order valence-corrected chi connectivity index (χ1v) is 4.80. The van der Waals surface area contributed by atoms with Crippen molar-refractivity contribution in [2.24, 2.45) is 5.41 Å². The van der Waals surface area contributed by atoms with Gasteiger partial charge in [-0.2, -0.15) is 0 Å². The lowest BCUT2D eigenvalue weighted by atomic mass is 9.89. The molecule has 2 N–H and O–H groups in total. The number of urea groups is 1. The molecule has 1 heterocycles. The molecule has 0 bridgehead atoms. The van der Waals surface area contributed by atoms with E-state index in [1.165, 1.54) is 0 Å². The molecule has 74 valence electrons. The van der Waals surface area contributed by atoms with Gasteiger partial charge in [0.25, 0.3) is 0 Å². The zero-order chi connectivity index (χ0) is 9.31. The van der Waals surface area contributed by atoms with Crippen LogP contribution in [0.2, 0.25) is 0 Å². The molecule has 2 fully saturated rings. The molecule has 0 aromatic carbocycles. The average molecular weight is 184 g/mol. The molecule has 2 rings (SSSR count). The fourth-order valence-corrected chi connectivity index (χ4v) is 1.31. The third-order valence-electron chi connectivity index (χ3n) is 2.49. The van der Waals surface area contributed by atoms with Gasteiger partial charge in [-0.3, -0.25) is 0 Å². The molecule has 0 unspecified atom stereocenters. The Morgan fingerprint density at radius 3 is 2.69 bits per heavy atom. The van der Waals surface area contributed by atoms with E-state index in [2.05, 4.69) is 17.6 Å². The third-order valence-corrected chi connectivity index (χ3v) is 2.49. The Labute approximate surface area is 78.0 Å². The van der Waals surface area contributed by atoms with Gasteiger partial charge in [0.1, 0.15) is 0 Å². The van der Waals surface area contributed by atoms with Gasteiger partial charge in [-0.1, -0.05) is 6.92 Å². The number of ether oxygens (including phenoxy) is 1.